The number of benzene rings is 3. The van der Waals surface area contributed by atoms with Crippen molar-refractivity contribution >= 4 is 48.9 Å². The molecule has 0 aliphatic carbocycles. The van der Waals surface area contributed by atoms with Crippen LogP contribution in [-0.4, -0.2) is 44.7 Å². The molecule has 1 aromatic heterocycles. The summed E-state index contributed by atoms with van der Waals surface area (Å²) in [7, 11) is -0.00417. The van der Waals surface area contributed by atoms with Crippen LogP contribution >= 0.6 is 11.3 Å². The van der Waals surface area contributed by atoms with Crippen LogP contribution in [0.3, 0.4) is 0 Å². The van der Waals surface area contributed by atoms with E-state index in [2.05, 4.69) is 20.2 Å². The number of aromatic nitrogens is 2. The summed E-state index contributed by atoms with van der Waals surface area (Å²) >= 11 is 1.24. The van der Waals surface area contributed by atoms with Crippen molar-refractivity contribution in [1.29, 1.82) is 0 Å². The van der Waals surface area contributed by atoms with E-state index in [1.807, 2.05) is 81.4 Å². The van der Waals surface area contributed by atoms with Crippen molar-refractivity contribution in [1.82, 2.24) is 14.9 Å². The van der Waals surface area contributed by atoms with Gasteiger partial charge in [-0.25, -0.2) is 8.42 Å². The van der Waals surface area contributed by atoms with E-state index >= 15 is 0 Å². The van der Waals surface area contributed by atoms with Crippen LogP contribution in [0.15, 0.2) is 71.6 Å². The van der Waals surface area contributed by atoms with Gasteiger partial charge in [0.2, 0.25) is 21.1 Å². The molecule has 2 atom stereocenters. The highest BCUT2D eigenvalue weighted by atomic mass is 32.2. The fourth-order valence-electron chi connectivity index (χ4n) is 3.71. The Hall–Kier alpha value is -3.34. The molecule has 0 fully saturated rings. The van der Waals surface area contributed by atoms with Crippen LogP contribution in [0.1, 0.15) is 20.3 Å². The van der Waals surface area contributed by atoms with E-state index in [1.54, 1.807) is 18.2 Å². The van der Waals surface area contributed by atoms with Crippen molar-refractivity contribution in [2.24, 2.45) is 5.92 Å². The van der Waals surface area contributed by atoms with Crippen LogP contribution in [0.5, 0.6) is 0 Å². The molecule has 8 nitrogen and oxygen atoms in total. The first-order valence-corrected chi connectivity index (χ1v) is 13.9. The number of sulfonamides is 1. The van der Waals surface area contributed by atoms with E-state index in [-0.39, 0.29) is 10.8 Å². The van der Waals surface area contributed by atoms with Crippen LogP contribution in [0.4, 0.5) is 10.8 Å². The Morgan fingerprint density at radius 3 is 2.36 bits per heavy atom. The lowest BCUT2D eigenvalue weighted by Crippen LogP contribution is -2.47. The molecule has 188 valence electrons. The minimum atomic E-state index is -3.94. The molecule has 0 bridgehead atoms. The van der Waals surface area contributed by atoms with E-state index in [4.69, 9.17) is 0 Å². The molecule has 0 saturated heterocycles. The molecule has 1 heterocycles. The van der Waals surface area contributed by atoms with Crippen LogP contribution in [-0.2, 0) is 14.8 Å². The lowest BCUT2D eigenvalue weighted by atomic mass is 9.99. The van der Waals surface area contributed by atoms with Crippen molar-refractivity contribution < 1.29 is 13.2 Å². The standard InChI is InChI=1S/C26H29N5O3S2/c1-5-17(2)23(30-36(33,34)22-15-12-18-8-6-7-9-20(18)16-22)24(32)27-26-29-28-25(35-26)19-10-13-21(14-11-19)31(3)4/h6-17,23,30H,5H2,1-4H3,(H,27,29,32)/t17-,23+/m0/s1. The molecule has 0 radical (unpaired) electrons. The Morgan fingerprint density at radius 1 is 1.00 bits per heavy atom. The molecular weight excluding hydrogens is 494 g/mol. The Balaban J connectivity index is 1.52. The number of carbonyl (C=O) groups is 1. The molecule has 4 aromatic rings. The van der Waals surface area contributed by atoms with Gasteiger partial charge in [0.05, 0.1) is 4.90 Å². The molecule has 0 aliphatic rings. The topological polar surface area (TPSA) is 104 Å². The maximum atomic E-state index is 13.2. The predicted octanol–water partition coefficient (Wildman–Crippen LogP) is 4.76. The second kappa shape index (κ2) is 10.7. The summed E-state index contributed by atoms with van der Waals surface area (Å²) < 4.78 is 29.0. The number of nitrogens with one attached hydrogen (secondary N) is 2. The fraction of sp³-hybridized carbons (Fsp3) is 0.269. The molecule has 3 aromatic carbocycles. The van der Waals surface area contributed by atoms with Crippen LogP contribution < -0.4 is 14.9 Å². The number of nitrogens with zero attached hydrogens (tertiary/aromatic N) is 3. The highest BCUT2D eigenvalue weighted by Crippen LogP contribution is 2.28. The summed E-state index contributed by atoms with van der Waals surface area (Å²) in [6.45, 7) is 3.75. The number of carbonyl (C=O) groups excluding carboxylic acids is 1. The summed E-state index contributed by atoms with van der Waals surface area (Å²) in [4.78, 5) is 15.3. The maximum absolute atomic E-state index is 13.2. The molecule has 1 amide bonds. The second-order valence-electron chi connectivity index (χ2n) is 8.84. The minimum absolute atomic E-state index is 0.113. The lowest BCUT2D eigenvalue weighted by Gasteiger charge is -2.23. The number of hydrogen-bond acceptors (Lipinski definition) is 7. The average Bonchev–Trinajstić information content (AvgIpc) is 3.35. The first-order chi connectivity index (χ1) is 17.2. The highest BCUT2D eigenvalue weighted by molar-refractivity contribution is 7.89. The summed E-state index contributed by atoms with van der Waals surface area (Å²) in [5, 5.41) is 13.8. The summed E-state index contributed by atoms with van der Waals surface area (Å²) in [6, 6.07) is 19.3. The van der Waals surface area contributed by atoms with Crippen molar-refractivity contribution in [3.63, 3.8) is 0 Å². The van der Waals surface area contributed by atoms with E-state index in [9.17, 15) is 13.2 Å². The van der Waals surface area contributed by atoms with Crippen LogP contribution in [0.2, 0.25) is 0 Å². The first-order valence-electron chi connectivity index (χ1n) is 11.6. The molecule has 10 heteroatoms. The Bertz CT molecular complexity index is 1470. The van der Waals surface area contributed by atoms with Gasteiger partial charge in [0, 0.05) is 25.3 Å². The quantitative estimate of drug-likeness (QED) is 0.328. The van der Waals surface area contributed by atoms with Gasteiger partial charge in [-0.1, -0.05) is 61.9 Å². The SMILES string of the molecule is CC[C@H](C)[C@@H](NS(=O)(=O)c1ccc2ccccc2c1)C(=O)Nc1nnc(-c2ccc(N(C)C)cc2)s1. The fourth-order valence-corrected chi connectivity index (χ4v) is 5.80. The molecule has 0 aliphatic heterocycles. The monoisotopic (exact) mass is 523 g/mol. The molecule has 0 spiro atoms. The van der Waals surface area contributed by atoms with Crippen molar-refractivity contribution in [3.8, 4) is 10.6 Å². The largest absolute Gasteiger partial charge is 0.378 e. The van der Waals surface area contributed by atoms with Crippen molar-refractivity contribution in [2.75, 3.05) is 24.3 Å². The van der Waals surface area contributed by atoms with Crippen molar-refractivity contribution in [2.45, 2.75) is 31.2 Å². The number of anilines is 2. The van der Waals surface area contributed by atoms with Gasteiger partial charge in [-0.3, -0.25) is 10.1 Å². The summed E-state index contributed by atoms with van der Waals surface area (Å²) in [6.07, 6.45) is 0.609. The zero-order chi connectivity index (χ0) is 25.9. The summed E-state index contributed by atoms with van der Waals surface area (Å²) in [5.41, 5.74) is 1.95. The smallest absolute Gasteiger partial charge is 0.244 e. The van der Waals surface area contributed by atoms with Gasteiger partial charge in [0.1, 0.15) is 11.0 Å². The third-order valence-electron chi connectivity index (χ3n) is 6.09. The van der Waals surface area contributed by atoms with Gasteiger partial charge in [0.15, 0.2) is 0 Å². The zero-order valence-electron chi connectivity index (χ0n) is 20.6. The number of rotatable bonds is 9. The molecule has 4 rings (SSSR count). The zero-order valence-corrected chi connectivity index (χ0v) is 22.2. The minimum Gasteiger partial charge on any atom is -0.378 e. The van der Waals surface area contributed by atoms with Gasteiger partial charge in [-0.2, -0.15) is 4.72 Å². The Morgan fingerprint density at radius 2 is 1.69 bits per heavy atom. The number of hydrogen-bond donors (Lipinski definition) is 2. The number of amides is 1. The number of fused-ring (bicyclic) bond motifs is 1. The van der Waals surface area contributed by atoms with E-state index in [0.29, 0.717) is 16.6 Å². The highest BCUT2D eigenvalue weighted by Gasteiger charge is 2.30. The molecule has 0 saturated carbocycles. The summed E-state index contributed by atoms with van der Waals surface area (Å²) in [5.74, 6) is -0.717. The first kappa shape index (κ1) is 25.7. The normalized spacial score (nSPS) is 13.3. The van der Waals surface area contributed by atoms with Gasteiger partial charge < -0.3 is 4.90 Å². The van der Waals surface area contributed by atoms with Gasteiger partial charge in [-0.05, 0) is 53.1 Å². The average molecular weight is 524 g/mol. The molecule has 36 heavy (non-hydrogen) atoms. The second-order valence-corrected chi connectivity index (χ2v) is 11.5. The van der Waals surface area contributed by atoms with E-state index in [1.165, 1.54) is 11.3 Å². The van der Waals surface area contributed by atoms with Crippen LogP contribution in [0.25, 0.3) is 21.3 Å². The lowest BCUT2D eigenvalue weighted by molar-refractivity contribution is -0.118. The van der Waals surface area contributed by atoms with Crippen LogP contribution in [0, 0.1) is 5.92 Å². The molecule has 0 unspecified atom stereocenters. The van der Waals surface area contributed by atoms with Gasteiger partial charge >= 0.3 is 0 Å². The molecular formula is C26H29N5O3S2. The maximum Gasteiger partial charge on any atom is 0.244 e. The van der Waals surface area contributed by atoms with E-state index in [0.717, 1.165) is 22.0 Å². The predicted molar refractivity (Wildman–Crippen MR) is 146 cm³/mol. The Kier molecular flexibility index (Phi) is 7.67. The molecule has 2 N–H and O–H groups in total. The Labute approximate surface area is 215 Å². The third kappa shape index (κ3) is 5.72. The third-order valence-corrected chi connectivity index (χ3v) is 8.42. The van der Waals surface area contributed by atoms with E-state index < -0.39 is 22.0 Å². The van der Waals surface area contributed by atoms with Gasteiger partial charge in [-0.15, -0.1) is 10.2 Å². The van der Waals surface area contributed by atoms with Crippen molar-refractivity contribution in [3.05, 3.63) is 66.7 Å². The van der Waals surface area contributed by atoms with Gasteiger partial charge in [0.25, 0.3) is 0 Å².